The van der Waals surface area contributed by atoms with E-state index in [1.165, 1.54) is 0 Å². The molecule has 0 radical (unpaired) electrons. The van der Waals surface area contributed by atoms with E-state index in [4.69, 9.17) is 4.74 Å². The summed E-state index contributed by atoms with van der Waals surface area (Å²) in [5.74, 6) is 2.10. The lowest BCUT2D eigenvalue weighted by atomic mass is 10.5. The summed E-state index contributed by atoms with van der Waals surface area (Å²) >= 11 is 0. The highest BCUT2D eigenvalue weighted by atomic mass is 16.5. The fraction of sp³-hybridized carbons (Fsp3) is 0.364. The summed E-state index contributed by atoms with van der Waals surface area (Å²) in [4.78, 5) is 8.66. The second-order valence-corrected chi connectivity index (χ2v) is 3.61. The first-order valence-electron chi connectivity index (χ1n) is 5.30. The smallest absolute Gasteiger partial charge is 0.159 e. The van der Waals surface area contributed by atoms with Gasteiger partial charge in [-0.2, -0.15) is 5.10 Å². The van der Waals surface area contributed by atoms with Crippen molar-refractivity contribution < 1.29 is 4.74 Å². The van der Waals surface area contributed by atoms with Crippen LogP contribution in [0.15, 0.2) is 18.3 Å². The third-order valence-corrected chi connectivity index (χ3v) is 2.25. The van der Waals surface area contributed by atoms with Gasteiger partial charge in [0.2, 0.25) is 0 Å². The molecule has 17 heavy (non-hydrogen) atoms. The van der Waals surface area contributed by atoms with E-state index in [1.807, 2.05) is 32.3 Å². The van der Waals surface area contributed by atoms with Crippen LogP contribution in [0.1, 0.15) is 11.5 Å². The number of rotatable bonds is 4. The van der Waals surface area contributed by atoms with Gasteiger partial charge in [0.1, 0.15) is 12.4 Å². The minimum absolute atomic E-state index is 0.378. The summed E-state index contributed by atoms with van der Waals surface area (Å²) in [6.07, 6.45) is 1.87. The molecule has 0 aliphatic carbocycles. The van der Waals surface area contributed by atoms with Gasteiger partial charge in [0.15, 0.2) is 11.6 Å². The zero-order valence-corrected chi connectivity index (χ0v) is 10.1. The van der Waals surface area contributed by atoms with Gasteiger partial charge in [0.25, 0.3) is 0 Å². The van der Waals surface area contributed by atoms with E-state index in [-0.39, 0.29) is 0 Å². The Morgan fingerprint density at radius 3 is 2.82 bits per heavy atom. The van der Waals surface area contributed by atoms with Gasteiger partial charge in [-0.15, -0.1) is 0 Å². The van der Waals surface area contributed by atoms with E-state index in [0.717, 1.165) is 17.3 Å². The van der Waals surface area contributed by atoms with E-state index in [1.54, 1.807) is 11.8 Å². The van der Waals surface area contributed by atoms with Crippen molar-refractivity contribution in [2.45, 2.75) is 13.5 Å². The van der Waals surface area contributed by atoms with Gasteiger partial charge in [-0.1, -0.05) is 0 Å². The summed E-state index contributed by atoms with van der Waals surface area (Å²) in [5, 5.41) is 7.31. The third-order valence-electron chi connectivity index (χ3n) is 2.25. The van der Waals surface area contributed by atoms with E-state index in [9.17, 15) is 0 Å². The minimum Gasteiger partial charge on any atom is -0.377 e. The van der Waals surface area contributed by atoms with Crippen molar-refractivity contribution in [3.63, 3.8) is 0 Å². The summed E-state index contributed by atoms with van der Waals surface area (Å²) in [5.41, 5.74) is 0.947. The Balaban J connectivity index is 2.42. The zero-order chi connectivity index (χ0) is 12.3. The van der Waals surface area contributed by atoms with Crippen LogP contribution < -0.4 is 5.32 Å². The predicted octanol–water partition coefficient (Wildman–Crippen LogP) is 1.16. The van der Waals surface area contributed by atoms with Crippen molar-refractivity contribution >= 4 is 5.82 Å². The second-order valence-electron chi connectivity index (χ2n) is 3.61. The fourth-order valence-electron chi connectivity index (χ4n) is 1.46. The fourth-order valence-corrected chi connectivity index (χ4v) is 1.46. The lowest BCUT2D eigenvalue weighted by Crippen LogP contribution is -2.07. The molecular weight excluding hydrogens is 218 g/mol. The Morgan fingerprint density at radius 2 is 2.24 bits per heavy atom. The van der Waals surface area contributed by atoms with Crippen molar-refractivity contribution in [2.24, 2.45) is 0 Å². The maximum absolute atomic E-state index is 5.04. The molecule has 0 saturated carbocycles. The molecule has 6 heteroatoms. The van der Waals surface area contributed by atoms with E-state index >= 15 is 0 Å². The molecule has 0 spiro atoms. The number of anilines is 1. The molecule has 0 atom stereocenters. The summed E-state index contributed by atoms with van der Waals surface area (Å²) < 4.78 is 6.76. The molecule has 6 nitrogen and oxygen atoms in total. The molecule has 0 aromatic carbocycles. The number of nitrogens with one attached hydrogen (secondary N) is 1. The van der Waals surface area contributed by atoms with Crippen molar-refractivity contribution in [3.8, 4) is 5.82 Å². The van der Waals surface area contributed by atoms with Gasteiger partial charge in [-0.3, -0.25) is 0 Å². The molecule has 2 rings (SSSR count). The Morgan fingerprint density at radius 1 is 1.41 bits per heavy atom. The molecule has 0 aliphatic heterocycles. The van der Waals surface area contributed by atoms with Crippen LogP contribution in [0.3, 0.4) is 0 Å². The van der Waals surface area contributed by atoms with Crippen molar-refractivity contribution in [2.75, 3.05) is 19.5 Å². The van der Waals surface area contributed by atoms with Crippen LogP contribution >= 0.6 is 0 Å². The molecular formula is C11H15N5O. The van der Waals surface area contributed by atoms with Crippen LogP contribution in [0, 0.1) is 6.92 Å². The topological polar surface area (TPSA) is 64.9 Å². The summed E-state index contributed by atoms with van der Waals surface area (Å²) in [6.45, 7) is 2.31. The number of hydrogen-bond donors (Lipinski definition) is 1. The van der Waals surface area contributed by atoms with Gasteiger partial charge in [-0.05, 0) is 13.0 Å². The molecule has 1 N–H and O–H groups in total. The minimum atomic E-state index is 0.378. The number of nitrogens with zero attached hydrogens (tertiary/aromatic N) is 4. The number of aryl methyl sites for hydroxylation is 1. The summed E-state index contributed by atoms with van der Waals surface area (Å²) in [6, 6.07) is 3.77. The highest BCUT2D eigenvalue weighted by Crippen LogP contribution is 2.11. The first-order chi connectivity index (χ1) is 8.22. The monoisotopic (exact) mass is 233 g/mol. The quantitative estimate of drug-likeness (QED) is 0.858. The summed E-state index contributed by atoms with van der Waals surface area (Å²) in [7, 11) is 3.43. The zero-order valence-electron chi connectivity index (χ0n) is 10.1. The largest absolute Gasteiger partial charge is 0.377 e. The van der Waals surface area contributed by atoms with E-state index < -0.39 is 0 Å². The molecule has 2 heterocycles. The highest BCUT2D eigenvalue weighted by Gasteiger charge is 2.06. The van der Waals surface area contributed by atoms with Gasteiger partial charge in [-0.25, -0.2) is 14.6 Å². The van der Waals surface area contributed by atoms with Crippen LogP contribution in [-0.2, 0) is 11.3 Å². The average molecular weight is 233 g/mol. The molecule has 0 unspecified atom stereocenters. The van der Waals surface area contributed by atoms with Gasteiger partial charge in [0.05, 0.1) is 5.69 Å². The Bertz CT molecular complexity index is 508. The molecule has 0 bridgehead atoms. The second kappa shape index (κ2) is 4.92. The first kappa shape index (κ1) is 11.5. The van der Waals surface area contributed by atoms with Crippen LogP contribution in [0.2, 0.25) is 0 Å². The van der Waals surface area contributed by atoms with Crippen LogP contribution in [0.5, 0.6) is 0 Å². The lowest BCUT2D eigenvalue weighted by molar-refractivity contribution is 0.178. The molecule has 0 amide bonds. The Kier molecular flexibility index (Phi) is 3.34. The molecule has 2 aromatic rings. The number of aromatic nitrogens is 4. The number of ether oxygens (including phenoxy) is 1. The first-order valence-corrected chi connectivity index (χ1v) is 5.30. The van der Waals surface area contributed by atoms with Crippen LogP contribution in [-0.4, -0.2) is 33.9 Å². The van der Waals surface area contributed by atoms with Crippen molar-refractivity contribution in [1.29, 1.82) is 0 Å². The molecule has 0 saturated heterocycles. The SMILES string of the molecule is CNc1cc(-n2ccc(C)n2)nc(COC)n1. The van der Waals surface area contributed by atoms with E-state index in [2.05, 4.69) is 20.4 Å². The van der Waals surface area contributed by atoms with Crippen molar-refractivity contribution in [1.82, 2.24) is 19.7 Å². The average Bonchev–Trinajstić information content (AvgIpc) is 2.76. The third kappa shape index (κ3) is 2.59. The Hall–Kier alpha value is -1.95. The standard InChI is InChI=1S/C11H15N5O/c1-8-4-5-16(15-8)11-6-9(12-2)13-10(14-11)7-17-3/h4-6H,7H2,1-3H3,(H,12,13,14). The molecule has 0 aliphatic rings. The maximum atomic E-state index is 5.04. The molecule has 0 fully saturated rings. The lowest BCUT2D eigenvalue weighted by Gasteiger charge is -2.07. The highest BCUT2D eigenvalue weighted by molar-refractivity contribution is 5.40. The van der Waals surface area contributed by atoms with Crippen molar-refractivity contribution in [3.05, 3.63) is 29.8 Å². The maximum Gasteiger partial charge on any atom is 0.159 e. The van der Waals surface area contributed by atoms with Gasteiger partial charge < -0.3 is 10.1 Å². The van der Waals surface area contributed by atoms with Crippen LogP contribution in [0.25, 0.3) is 5.82 Å². The number of hydrogen-bond acceptors (Lipinski definition) is 5. The molecule has 90 valence electrons. The van der Waals surface area contributed by atoms with E-state index in [0.29, 0.717) is 12.4 Å². The molecule has 2 aromatic heterocycles. The predicted molar refractivity (Wildman–Crippen MR) is 64.2 cm³/mol. The number of methoxy groups -OCH3 is 1. The Labute approximate surface area is 99.7 Å². The normalized spacial score (nSPS) is 10.5. The van der Waals surface area contributed by atoms with Gasteiger partial charge in [0, 0.05) is 26.4 Å². The van der Waals surface area contributed by atoms with Crippen LogP contribution in [0.4, 0.5) is 5.82 Å². The van der Waals surface area contributed by atoms with Gasteiger partial charge >= 0.3 is 0 Å².